The molecule has 1 aliphatic rings. The summed E-state index contributed by atoms with van der Waals surface area (Å²) in [7, 11) is 0. The molecule has 7 heteroatoms. The van der Waals surface area contributed by atoms with Crippen molar-refractivity contribution in [2.24, 2.45) is 0 Å². The van der Waals surface area contributed by atoms with Crippen LogP contribution in [0.4, 0.5) is 4.39 Å². The lowest BCUT2D eigenvalue weighted by Gasteiger charge is -2.23. The fourth-order valence-corrected chi connectivity index (χ4v) is 2.61. The fourth-order valence-electron chi connectivity index (χ4n) is 2.61. The first kappa shape index (κ1) is 15.6. The number of carbonyl (C=O) groups is 1. The predicted molar refractivity (Wildman–Crippen MR) is 81.9 cm³/mol. The minimum Gasteiger partial charge on any atom is -0.343 e. The number of benzene rings is 1. The molecular formula is C16H19FN4O2. The molecule has 2 unspecified atom stereocenters. The van der Waals surface area contributed by atoms with E-state index in [9.17, 15) is 9.18 Å². The third-order valence-corrected chi connectivity index (χ3v) is 3.88. The molecule has 1 aliphatic heterocycles. The maximum atomic E-state index is 13.2. The van der Waals surface area contributed by atoms with Gasteiger partial charge >= 0.3 is 0 Å². The summed E-state index contributed by atoms with van der Waals surface area (Å²) < 4.78 is 18.4. The van der Waals surface area contributed by atoms with Crippen molar-refractivity contribution in [3.05, 3.63) is 36.0 Å². The number of amides is 1. The maximum absolute atomic E-state index is 13.2. The zero-order valence-corrected chi connectivity index (χ0v) is 12.9. The van der Waals surface area contributed by atoms with Crippen LogP contribution in [-0.2, 0) is 4.79 Å². The molecule has 23 heavy (non-hydrogen) atoms. The summed E-state index contributed by atoms with van der Waals surface area (Å²) in [6.45, 7) is 2.64. The third-order valence-electron chi connectivity index (χ3n) is 3.88. The number of nitrogens with one attached hydrogen (secondary N) is 2. The van der Waals surface area contributed by atoms with Crippen LogP contribution in [0, 0.1) is 5.82 Å². The maximum Gasteiger partial charge on any atom is 0.249 e. The molecule has 2 aromatic rings. The van der Waals surface area contributed by atoms with E-state index in [1.54, 1.807) is 19.1 Å². The Morgan fingerprint density at radius 3 is 3.09 bits per heavy atom. The van der Waals surface area contributed by atoms with Crippen molar-refractivity contribution in [1.29, 1.82) is 0 Å². The molecule has 2 atom stereocenters. The molecule has 0 bridgehead atoms. The van der Waals surface area contributed by atoms with Crippen LogP contribution in [0.1, 0.15) is 38.1 Å². The second kappa shape index (κ2) is 6.87. The molecule has 1 amide bonds. The van der Waals surface area contributed by atoms with E-state index < -0.39 is 6.04 Å². The molecular weight excluding hydrogens is 299 g/mol. The van der Waals surface area contributed by atoms with Gasteiger partial charge in [0.2, 0.25) is 17.6 Å². The van der Waals surface area contributed by atoms with Crippen LogP contribution in [0.3, 0.4) is 0 Å². The highest BCUT2D eigenvalue weighted by Crippen LogP contribution is 2.19. The standard InChI is InChI=1S/C16H19FN4O2/c1-10(19-15(22)13-7-2-3-8-18-13)16-20-14(21-23-16)11-5-4-6-12(17)9-11/h4-6,9-10,13,18H,2-3,7-8H2,1H3,(H,19,22). The largest absolute Gasteiger partial charge is 0.343 e. The summed E-state index contributed by atoms with van der Waals surface area (Å²) >= 11 is 0. The molecule has 2 heterocycles. The van der Waals surface area contributed by atoms with Gasteiger partial charge in [0.05, 0.1) is 6.04 Å². The van der Waals surface area contributed by atoms with Gasteiger partial charge in [-0.1, -0.05) is 23.7 Å². The molecule has 6 nitrogen and oxygen atoms in total. The molecule has 0 saturated carbocycles. The van der Waals surface area contributed by atoms with Crippen molar-refractivity contribution in [3.63, 3.8) is 0 Å². The Balaban J connectivity index is 1.66. The summed E-state index contributed by atoms with van der Waals surface area (Å²) in [5, 5.41) is 9.91. The summed E-state index contributed by atoms with van der Waals surface area (Å²) in [4.78, 5) is 16.4. The zero-order chi connectivity index (χ0) is 16.2. The second-order valence-electron chi connectivity index (χ2n) is 5.70. The Kier molecular flexibility index (Phi) is 4.66. The fraction of sp³-hybridized carbons (Fsp3) is 0.438. The lowest BCUT2D eigenvalue weighted by Crippen LogP contribution is -2.47. The van der Waals surface area contributed by atoms with Crippen molar-refractivity contribution in [1.82, 2.24) is 20.8 Å². The van der Waals surface area contributed by atoms with Gasteiger partial charge in [0.25, 0.3) is 0 Å². The van der Waals surface area contributed by atoms with E-state index in [-0.39, 0.29) is 17.8 Å². The van der Waals surface area contributed by atoms with E-state index >= 15 is 0 Å². The Labute approximate surface area is 133 Å². The molecule has 1 aromatic heterocycles. The molecule has 3 rings (SSSR count). The smallest absolute Gasteiger partial charge is 0.249 e. The van der Waals surface area contributed by atoms with Gasteiger partial charge in [0, 0.05) is 5.56 Å². The van der Waals surface area contributed by atoms with E-state index in [2.05, 4.69) is 20.8 Å². The minimum absolute atomic E-state index is 0.0669. The van der Waals surface area contributed by atoms with E-state index in [4.69, 9.17) is 4.52 Å². The number of aromatic nitrogens is 2. The van der Waals surface area contributed by atoms with E-state index in [1.165, 1.54) is 12.1 Å². The van der Waals surface area contributed by atoms with Crippen LogP contribution in [0.15, 0.2) is 28.8 Å². The Morgan fingerprint density at radius 1 is 1.48 bits per heavy atom. The first-order valence-corrected chi connectivity index (χ1v) is 7.77. The minimum atomic E-state index is -0.402. The van der Waals surface area contributed by atoms with Gasteiger partial charge in [0.15, 0.2) is 0 Å². The summed E-state index contributed by atoms with van der Waals surface area (Å²) in [6, 6.07) is 5.40. The predicted octanol–water partition coefficient (Wildman–Crippen LogP) is 2.20. The number of halogens is 1. The lowest BCUT2D eigenvalue weighted by molar-refractivity contribution is -0.124. The number of hydrogen-bond acceptors (Lipinski definition) is 5. The molecule has 1 saturated heterocycles. The van der Waals surface area contributed by atoms with Gasteiger partial charge in [0.1, 0.15) is 11.9 Å². The Morgan fingerprint density at radius 2 is 2.35 bits per heavy atom. The summed E-state index contributed by atoms with van der Waals surface area (Å²) in [5.41, 5.74) is 0.535. The SMILES string of the molecule is CC(NC(=O)C1CCCCN1)c1nc(-c2cccc(F)c2)no1. The normalized spacial score (nSPS) is 19.3. The van der Waals surface area contributed by atoms with Gasteiger partial charge in [-0.25, -0.2) is 4.39 Å². The van der Waals surface area contributed by atoms with E-state index in [1.807, 2.05) is 0 Å². The average molecular weight is 318 g/mol. The van der Waals surface area contributed by atoms with Crippen LogP contribution in [0.2, 0.25) is 0 Å². The molecule has 1 aromatic carbocycles. The van der Waals surface area contributed by atoms with Crippen molar-refractivity contribution in [3.8, 4) is 11.4 Å². The number of carbonyl (C=O) groups excluding carboxylic acids is 1. The monoisotopic (exact) mass is 318 g/mol. The first-order chi connectivity index (χ1) is 11.1. The van der Waals surface area contributed by atoms with Gasteiger partial charge in [-0.15, -0.1) is 0 Å². The van der Waals surface area contributed by atoms with Crippen molar-refractivity contribution < 1.29 is 13.7 Å². The van der Waals surface area contributed by atoms with E-state index in [0.29, 0.717) is 17.3 Å². The van der Waals surface area contributed by atoms with Gasteiger partial charge in [-0.3, -0.25) is 4.79 Å². The van der Waals surface area contributed by atoms with E-state index in [0.717, 1.165) is 25.8 Å². The number of piperidine rings is 1. The number of nitrogens with zero attached hydrogens (tertiary/aromatic N) is 2. The summed E-state index contributed by atoms with van der Waals surface area (Å²) in [5.74, 6) is 0.172. The topological polar surface area (TPSA) is 80.0 Å². The van der Waals surface area contributed by atoms with Crippen molar-refractivity contribution in [2.45, 2.75) is 38.3 Å². The molecule has 0 aliphatic carbocycles. The number of hydrogen-bond donors (Lipinski definition) is 2. The van der Waals surface area contributed by atoms with Crippen LogP contribution in [0.25, 0.3) is 11.4 Å². The molecule has 0 spiro atoms. The third kappa shape index (κ3) is 3.73. The summed E-state index contributed by atoms with van der Waals surface area (Å²) in [6.07, 6.45) is 2.97. The highest BCUT2D eigenvalue weighted by Gasteiger charge is 2.24. The second-order valence-corrected chi connectivity index (χ2v) is 5.70. The van der Waals surface area contributed by atoms with Crippen molar-refractivity contribution >= 4 is 5.91 Å². The van der Waals surface area contributed by atoms with Crippen LogP contribution < -0.4 is 10.6 Å². The molecule has 1 fully saturated rings. The van der Waals surface area contributed by atoms with Crippen LogP contribution >= 0.6 is 0 Å². The lowest BCUT2D eigenvalue weighted by atomic mass is 10.0. The number of rotatable bonds is 4. The average Bonchev–Trinajstić information content (AvgIpc) is 3.06. The van der Waals surface area contributed by atoms with Gasteiger partial charge < -0.3 is 15.2 Å². The van der Waals surface area contributed by atoms with Gasteiger partial charge in [-0.05, 0) is 38.4 Å². The molecule has 0 radical (unpaired) electrons. The first-order valence-electron chi connectivity index (χ1n) is 7.77. The zero-order valence-electron chi connectivity index (χ0n) is 12.9. The quantitative estimate of drug-likeness (QED) is 0.903. The molecule has 122 valence electrons. The highest BCUT2D eigenvalue weighted by molar-refractivity contribution is 5.82. The highest BCUT2D eigenvalue weighted by atomic mass is 19.1. The van der Waals surface area contributed by atoms with Crippen molar-refractivity contribution in [2.75, 3.05) is 6.54 Å². The molecule has 2 N–H and O–H groups in total. The van der Waals surface area contributed by atoms with Crippen LogP contribution in [-0.4, -0.2) is 28.6 Å². The Hall–Kier alpha value is -2.28. The van der Waals surface area contributed by atoms with Gasteiger partial charge in [-0.2, -0.15) is 4.98 Å². The Bertz CT molecular complexity index is 682. The van der Waals surface area contributed by atoms with Crippen LogP contribution in [0.5, 0.6) is 0 Å².